The van der Waals surface area contributed by atoms with Crippen molar-refractivity contribution < 1.29 is 28.5 Å². The summed E-state index contributed by atoms with van der Waals surface area (Å²) in [6, 6.07) is 11.2. The lowest BCUT2D eigenvalue weighted by Crippen LogP contribution is -2.41. The van der Waals surface area contributed by atoms with E-state index in [2.05, 4.69) is 0 Å². The quantitative estimate of drug-likeness (QED) is 0.430. The van der Waals surface area contributed by atoms with Crippen LogP contribution >= 0.6 is 0 Å². The standard InChI is InChI=1S/C23H24O6/c1-14-7-6-8-19(15(14)2)27-13-17-11-16(9-10-20(17)26-5)12-18-21(24)28-23(3,4)29-22(18)25/h6-12H,13H2,1-5H3. The number of cyclic esters (lactones) is 2. The lowest BCUT2D eigenvalue weighted by molar-refractivity contribution is -0.222. The largest absolute Gasteiger partial charge is 0.496 e. The molecule has 6 heteroatoms. The molecule has 29 heavy (non-hydrogen) atoms. The van der Waals surface area contributed by atoms with Crippen molar-refractivity contribution in [1.82, 2.24) is 0 Å². The number of rotatable bonds is 5. The number of methoxy groups -OCH3 is 1. The number of hydrogen-bond acceptors (Lipinski definition) is 6. The van der Waals surface area contributed by atoms with Crippen molar-refractivity contribution in [2.75, 3.05) is 7.11 Å². The van der Waals surface area contributed by atoms with Crippen LogP contribution in [0, 0.1) is 13.8 Å². The van der Waals surface area contributed by atoms with Gasteiger partial charge in [-0.2, -0.15) is 0 Å². The average Bonchev–Trinajstić information content (AvgIpc) is 2.65. The van der Waals surface area contributed by atoms with Gasteiger partial charge in [-0.15, -0.1) is 0 Å². The first kappa shape index (κ1) is 20.5. The number of aryl methyl sites for hydroxylation is 1. The molecule has 0 radical (unpaired) electrons. The molecule has 0 bridgehead atoms. The van der Waals surface area contributed by atoms with E-state index >= 15 is 0 Å². The van der Waals surface area contributed by atoms with Crippen molar-refractivity contribution >= 4 is 18.0 Å². The molecule has 0 atom stereocenters. The Balaban J connectivity index is 1.86. The topological polar surface area (TPSA) is 71.1 Å². The molecule has 1 heterocycles. The molecule has 1 fully saturated rings. The van der Waals surface area contributed by atoms with E-state index in [9.17, 15) is 9.59 Å². The molecule has 0 spiro atoms. The predicted octanol–water partition coefficient (Wildman–Crippen LogP) is 4.11. The Hall–Kier alpha value is -3.28. The van der Waals surface area contributed by atoms with Gasteiger partial charge >= 0.3 is 11.9 Å². The summed E-state index contributed by atoms with van der Waals surface area (Å²) in [6.07, 6.45) is 1.45. The Bertz CT molecular complexity index is 965. The van der Waals surface area contributed by atoms with E-state index < -0.39 is 17.7 Å². The van der Waals surface area contributed by atoms with E-state index in [1.165, 1.54) is 19.9 Å². The van der Waals surface area contributed by atoms with Gasteiger partial charge in [-0.25, -0.2) is 9.59 Å². The van der Waals surface area contributed by atoms with Gasteiger partial charge in [0.2, 0.25) is 0 Å². The zero-order valence-electron chi connectivity index (χ0n) is 17.2. The van der Waals surface area contributed by atoms with Crippen LogP contribution in [0.2, 0.25) is 0 Å². The first-order valence-electron chi connectivity index (χ1n) is 9.24. The third kappa shape index (κ3) is 4.59. The summed E-state index contributed by atoms with van der Waals surface area (Å²) in [5.74, 6) is -1.26. The number of benzene rings is 2. The molecular formula is C23H24O6. The van der Waals surface area contributed by atoms with Crippen molar-refractivity contribution in [3.8, 4) is 11.5 Å². The van der Waals surface area contributed by atoms with Crippen LogP contribution in [0.15, 0.2) is 42.0 Å². The second-order valence-corrected chi connectivity index (χ2v) is 7.29. The number of esters is 2. The predicted molar refractivity (Wildman–Crippen MR) is 107 cm³/mol. The maximum absolute atomic E-state index is 12.2. The molecule has 0 N–H and O–H groups in total. The zero-order chi connectivity index (χ0) is 21.2. The Morgan fingerprint density at radius 2 is 1.69 bits per heavy atom. The highest BCUT2D eigenvalue weighted by atomic mass is 16.7. The molecule has 3 rings (SSSR count). The van der Waals surface area contributed by atoms with E-state index in [1.807, 2.05) is 32.0 Å². The maximum atomic E-state index is 12.2. The Morgan fingerprint density at radius 1 is 1.00 bits per heavy atom. The summed E-state index contributed by atoms with van der Waals surface area (Å²) in [6.45, 7) is 7.32. The molecule has 6 nitrogen and oxygen atoms in total. The minimum absolute atomic E-state index is 0.157. The van der Waals surface area contributed by atoms with Gasteiger partial charge in [0.1, 0.15) is 23.7 Å². The van der Waals surface area contributed by atoms with Gasteiger partial charge < -0.3 is 18.9 Å². The Kier molecular flexibility index (Phi) is 5.64. The van der Waals surface area contributed by atoms with Crippen LogP contribution in [0.4, 0.5) is 0 Å². The highest BCUT2D eigenvalue weighted by molar-refractivity contribution is 6.18. The first-order valence-corrected chi connectivity index (χ1v) is 9.24. The highest BCUT2D eigenvalue weighted by Gasteiger charge is 2.38. The van der Waals surface area contributed by atoms with E-state index in [4.69, 9.17) is 18.9 Å². The van der Waals surface area contributed by atoms with Crippen LogP contribution in [-0.2, 0) is 25.7 Å². The number of ether oxygens (including phenoxy) is 4. The van der Waals surface area contributed by atoms with Gasteiger partial charge in [0.25, 0.3) is 5.79 Å². The maximum Gasteiger partial charge on any atom is 0.348 e. The van der Waals surface area contributed by atoms with Gasteiger partial charge in [-0.05, 0) is 54.8 Å². The molecule has 1 aliphatic heterocycles. The number of hydrogen-bond donors (Lipinski definition) is 0. The van der Waals surface area contributed by atoms with Crippen LogP contribution in [0.5, 0.6) is 11.5 Å². The van der Waals surface area contributed by atoms with Gasteiger partial charge in [-0.3, -0.25) is 0 Å². The van der Waals surface area contributed by atoms with E-state index in [1.54, 1.807) is 25.3 Å². The lowest BCUT2D eigenvalue weighted by atomic mass is 10.1. The summed E-state index contributed by atoms with van der Waals surface area (Å²) in [5, 5.41) is 0. The second-order valence-electron chi connectivity index (χ2n) is 7.29. The smallest absolute Gasteiger partial charge is 0.348 e. The van der Waals surface area contributed by atoms with Gasteiger partial charge in [0.15, 0.2) is 0 Å². The fourth-order valence-corrected chi connectivity index (χ4v) is 2.98. The number of carbonyl (C=O) groups is 2. The van der Waals surface area contributed by atoms with E-state index in [-0.39, 0.29) is 12.2 Å². The van der Waals surface area contributed by atoms with E-state index in [0.717, 1.165) is 22.4 Å². The second kappa shape index (κ2) is 7.99. The molecule has 0 amide bonds. The SMILES string of the molecule is COc1ccc(C=C2C(=O)OC(C)(C)OC2=O)cc1COc1cccc(C)c1C. The van der Waals surface area contributed by atoms with E-state index in [0.29, 0.717) is 11.3 Å². The highest BCUT2D eigenvalue weighted by Crippen LogP contribution is 2.28. The minimum Gasteiger partial charge on any atom is -0.496 e. The van der Waals surface area contributed by atoms with Crippen LogP contribution in [-0.4, -0.2) is 24.8 Å². The normalized spacial score (nSPS) is 15.4. The minimum atomic E-state index is -1.27. The fraction of sp³-hybridized carbons (Fsp3) is 0.304. The average molecular weight is 396 g/mol. The van der Waals surface area contributed by atoms with Crippen molar-refractivity contribution in [2.24, 2.45) is 0 Å². The third-order valence-electron chi connectivity index (χ3n) is 4.67. The molecule has 2 aromatic carbocycles. The molecule has 152 valence electrons. The van der Waals surface area contributed by atoms with Crippen LogP contribution < -0.4 is 9.47 Å². The molecule has 2 aromatic rings. The van der Waals surface area contributed by atoms with Crippen molar-refractivity contribution in [3.05, 3.63) is 64.2 Å². The monoisotopic (exact) mass is 396 g/mol. The summed E-state index contributed by atoms with van der Waals surface area (Å²) in [7, 11) is 1.58. The van der Waals surface area contributed by atoms with Gasteiger partial charge in [0.05, 0.1) is 7.11 Å². The number of carbonyl (C=O) groups excluding carboxylic acids is 2. The molecule has 0 unspecified atom stereocenters. The first-order chi connectivity index (χ1) is 13.7. The molecule has 0 aromatic heterocycles. The van der Waals surface area contributed by atoms with Gasteiger partial charge in [-0.1, -0.05) is 18.2 Å². The molecule has 0 saturated carbocycles. The molecule has 0 aliphatic carbocycles. The summed E-state index contributed by atoms with van der Waals surface area (Å²) in [4.78, 5) is 24.3. The summed E-state index contributed by atoms with van der Waals surface area (Å²) < 4.78 is 21.7. The zero-order valence-corrected chi connectivity index (χ0v) is 17.2. The van der Waals surface area contributed by atoms with Crippen LogP contribution in [0.3, 0.4) is 0 Å². The molecular weight excluding hydrogens is 372 g/mol. The Labute approximate surface area is 170 Å². The molecule has 1 aliphatic rings. The van der Waals surface area contributed by atoms with Crippen molar-refractivity contribution in [3.63, 3.8) is 0 Å². The van der Waals surface area contributed by atoms with Crippen molar-refractivity contribution in [2.45, 2.75) is 40.1 Å². The summed E-state index contributed by atoms with van der Waals surface area (Å²) in [5.41, 5.74) is 3.47. The fourth-order valence-electron chi connectivity index (χ4n) is 2.98. The summed E-state index contributed by atoms with van der Waals surface area (Å²) >= 11 is 0. The van der Waals surface area contributed by atoms with Gasteiger partial charge in [0, 0.05) is 19.4 Å². The lowest BCUT2D eigenvalue weighted by Gasteiger charge is -2.29. The van der Waals surface area contributed by atoms with Crippen LogP contribution in [0.25, 0.3) is 6.08 Å². The third-order valence-corrected chi connectivity index (χ3v) is 4.67. The van der Waals surface area contributed by atoms with Crippen LogP contribution in [0.1, 0.15) is 36.1 Å². The van der Waals surface area contributed by atoms with Crippen molar-refractivity contribution in [1.29, 1.82) is 0 Å². The molecule has 1 saturated heterocycles. The Morgan fingerprint density at radius 3 is 2.34 bits per heavy atom.